The van der Waals surface area contributed by atoms with Crippen LogP contribution in [0.2, 0.25) is 0 Å². The van der Waals surface area contributed by atoms with Crippen LogP contribution in [0.25, 0.3) is 22.8 Å². The summed E-state index contributed by atoms with van der Waals surface area (Å²) in [6.07, 6.45) is 2.24. The normalized spacial score (nSPS) is 11.3. The highest BCUT2D eigenvalue weighted by atomic mass is 14.5. The molecule has 0 amide bonds. The summed E-state index contributed by atoms with van der Waals surface area (Å²) in [5.41, 5.74) is 13.8. The van der Waals surface area contributed by atoms with Gasteiger partial charge in [-0.2, -0.15) is 0 Å². The van der Waals surface area contributed by atoms with Gasteiger partial charge in [-0.25, -0.2) is 0 Å². The molecule has 0 radical (unpaired) electrons. The number of benzene rings is 4. The molecule has 0 aliphatic carbocycles. The molecule has 0 aromatic heterocycles. The Morgan fingerprint density at radius 1 is 0.519 bits per heavy atom. The fraction of sp³-hybridized carbons (Fsp3) is 0. The molecule has 2 N–H and O–H groups in total. The van der Waals surface area contributed by atoms with Crippen molar-refractivity contribution in [3.05, 3.63) is 126 Å². The molecular formula is C26H21N. The topological polar surface area (TPSA) is 26.0 Å². The molecule has 0 heterocycles. The summed E-state index contributed by atoms with van der Waals surface area (Å²) in [7, 11) is 0. The van der Waals surface area contributed by atoms with Gasteiger partial charge in [-0.15, -0.1) is 0 Å². The van der Waals surface area contributed by atoms with Gasteiger partial charge in [0.1, 0.15) is 0 Å². The average molecular weight is 347 g/mol. The Balaban J connectivity index is 1.74. The van der Waals surface area contributed by atoms with Crippen molar-refractivity contribution in [1.82, 2.24) is 0 Å². The summed E-state index contributed by atoms with van der Waals surface area (Å²) >= 11 is 0. The molecule has 1 nitrogen and oxygen atoms in total. The van der Waals surface area contributed by atoms with Crippen LogP contribution < -0.4 is 5.73 Å². The van der Waals surface area contributed by atoms with E-state index < -0.39 is 0 Å². The van der Waals surface area contributed by atoms with Crippen LogP contribution in [0.3, 0.4) is 0 Å². The van der Waals surface area contributed by atoms with E-state index in [4.69, 9.17) is 5.73 Å². The third kappa shape index (κ3) is 3.99. The maximum Gasteiger partial charge on any atom is 0.0314 e. The number of rotatable bonds is 4. The van der Waals surface area contributed by atoms with Gasteiger partial charge in [0.05, 0.1) is 0 Å². The van der Waals surface area contributed by atoms with Crippen molar-refractivity contribution >= 4 is 17.3 Å². The summed E-state index contributed by atoms with van der Waals surface area (Å²) in [6, 6.07) is 37.7. The van der Waals surface area contributed by atoms with E-state index in [-0.39, 0.29) is 0 Å². The minimum Gasteiger partial charge on any atom is -0.399 e. The Morgan fingerprint density at radius 3 is 1.59 bits per heavy atom. The summed E-state index contributed by atoms with van der Waals surface area (Å²) < 4.78 is 0. The molecule has 4 rings (SSSR count). The van der Waals surface area contributed by atoms with Crippen molar-refractivity contribution < 1.29 is 0 Å². The average Bonchev–Trinajstić information content (AvgIpc) is 2.74. The van der Waals surface area contributed by atoms with Crippen molar-refractivity contribution in [1.29, 1.82) is 0 Å². The van der Waals surface area contributed by atoms with E-state index in [1.807, 2.05) is 24.3 Å². The maximum absolute atomic E-state index is 5.80. The molecule has 1 heteroatoms. The number of anilines is 1. The maximum atomic E-state index is 5.80. The van der Waals surface area contributed by atoms with Crippen molar-refractivity contribution in [2.24, 2.45) is 0 Å². The Labute approximate surface area is 160 Å². The molecule has 0 aliphatic heterocycles. The Morgan fingerprint density at radius 2 is 1.00 bits per heavy atom. The summed E-state index contributed by atoms with van der Waals surface area (Å²) in [5.74, 6) is 0. The van der Waals surface area contributed by atoms with Gasteiger partial charge in [0.15, 0.2) is 0 Å². The first-order chi connectivity index (χ1) is 13.3. The molecule has 0 saturated carbocycles. The number of hydrogen-bond acceptors (Lipinski definition) is 1. The lowest BCUT2D eigenvalue weighted by Gasteiger charge is -2.11. The third-order valence-corrected chi connectivity index (χ3v) is 4.64. The molecular weight excluding hydrogens is 326 g/mol. The fourth-order valence-corrected chi connectivity index (χ4v) is 3.18. The molecule has 0 fully saturated rings. The second-order valence-electron chi connectivity index (χ2n) is 6.53. The van der Waals surface area contributed by atoms with Crippen LogP contribution in [-0.2, 0) is 0 Å². The van der Waals surface area contributed by atoms with Crippen LogP contribution in [0.15, 0.2) is 109 Å². The van der Waals surface area contributed by atoms with Crippen molar-refractivity contribution in [2.45, 2.75) is 0 Å². The van der Waals surface area contributed by atoms with E-state index in [0.717, 1.165) is 5.69 Å². The summed E-state index contributed by atoms with van der Waals surface area (Å²) in [4.78, 5) is 0. The number of nitrogens with two attached hydrogens (primary N) is 1. The van der Waals surface area contributed by atoms with E-state index in [1.165, 1.54) is 33.4 Å². The molecule has 0 unspecified atom stereocenters. The van der Waals surface area contributed by atoms with Gasteiger partial charge >= 0.3 is 0 Å². The zero-order valence-corrected chi connectivity index (χ0v) is 15.0. The Bertz CT molecular complexity index is 1030. The van der Waals surface area contributed by atoms with Gasteiger partial charge in [0.25, 0.3) is 0 Å². The fourth-order valence-electron chi connectivity index (χ4n) is 3.18. The van der Waals surface area contributed by atoms with E-state index in [9.17, 15) is 0 Å². The molecule has 130 valence electrons. The molecule has 0 atom stereocenters. The van der Waals surface area contributed by atoms with Crippen molar-refractivity contribution in [3.63, 3.8) is 0 Å². The molecule has 0 aliphatic rings. The SMILES string of the molecule is Nc1ccc(-c2ccc(/C(=C/c3ccccc3)c3ccccc3)cc2)cc1. The lowest BCUT2D eigenvalue weighted by atomic mass is 9.94. The predicted molar refractivity (Wildman–Crippen MR) is 116 cm³/mol. The van der Waals surface area contributed by atoms with Gasteiger partial charge in [-0.1, -0.05) is 97.1 Å². The van der Waals surface area contributed by atoms with Crippen LogP contribution in [0.5, 0.6) is 0 Å². The van der Waals surface area contributed by atoms with E-state index in [1.54, 1.807) is 0 Å². The molecule has 4 aromatic carbocycles. The predicted octanol–water partition coefficient (Wildman–Crippen LogP) is 6.52. The molecule has 0 spiro atoms. The van der Waals surface area contributed by atoms with Gasteiger partial charge in [0, 0.05) is 5.69 Å². The van der Waals surface area contributed by atoms with E-state index in [0.29, 0.717) is 0 Å². The van der Waals surface area contributed by atoms with Crippen LogP contribution in [0, 0.1) is 0 Å². The first-order valence-electron chi connectivity index (χ1n) is 9.08. The second kappa shape index (κ2) is 7.76. The lowest BCUT2D eigenvalue weighted by molar-refractivity contribution is 1.54. The van der Waals surface area contributed by atoms with Gasteiger partial charge in [-0.3, -0.25) is 0 Å². The standard InChI is InChI=1S/C26H21N/c27-25-17-15-22(16-18-25)21-11-13-24(14-12-21)26(23-9-5-2-6-10-23)19-20-7-3-1-4-8-20/h1-19H,27H2/b26-19+. The quantitative estimate of drug-likeness (QED) is 0.330. The zero-order chi connectivity index (χ0) is 18.5. The summed E-state index contributed by atoms with van der Waals surface area (Å²) in [5, 5.41) is 0. The minimum absolute atomic E-state index is 0.785. The highest BCUT2D eigenvalue weighted by Crippen LogP contribution is 2.28. The van der Waals surface area contributed by atoms with Gasteiger partial charge in [-0.05, 0) is 51.6 Å². The summed E-state index contributed by atoms with van der Waals surface area (Å²) in [6.45, 7) is 0. The Kier molecular flexibility index (Phi) is 4.84. The molecule has 4 aromatic rings. The van der Waals surface area contributed by atoms with E-state index in [2.05, 4.69) is 91.0 Å². The molecule has 0 bridgehead atoms. The van der Waals surface area contributed by atoms with Gasteiger partial charge < -0.3 is 5.73 Å². The van der Waals surface area contributed by atoms with Gasteiger partial charge in [0.2, 0.25) is 0 Å². The zero-order valence-electron chi connectivity index (χ0n) is 15.0. The first-order valence-corrected chi connectivity index (χ1v) is 9.08. The Hall–Kier alpha value is -3.58. The van der Waals surface area contributed by atoms with Crippen LogP contribution >= 0.6 is 0 Å². The highest BCUT2D eigenvalue weighted by molar-refractivity contribution is 5.91. The lowest BCUT2D eigenvalue weighted by Crippen LogP contribution is -1.89. The molecule has 27 heavy (non-hydrogen) atoms. The van der Waals surface area contributed by atoms with Crippen molar-refractivity contribution in [3.8, 4) is 11.1 Å². The largest absolute Gasteiger partial charge is 0.399 e. The number of hydrogen-bond donors (Lipinski definition) is 1. The van der Waals surface area contributed by atoms with Crippen LogP contribution in [-0.4, -0.2) is 0 Å². The number of nitrogen functional groups attached to an aromatic ring is 1. The second-order valence-corrected chi connectivity index (χ2v) is 6.53. The molecule has 0 saturated heterocycles. The first kappa shape index (κ1) is 16.9. The monoisotopic (exact) mass is 347 g/mol. The minimum atomic E-state index is 0.785. The highest BCUT2D eigenvalue weighted by Gasteiger charge is 2.06. The van der Waals surface area contributed by atoms with Crippen molar-refractivity contribution in [2.75, 3.05) is 5.73 Å². The van der Waals surface area contributed by atoms with Crippen LogP contribution in [0.1, 0.15) is 16.7 Å². The smallest absolute Gasteiger partial charge is 0.0314 e. The van der Waals surface area contributed by atoms with Crippen LogP contribution in [0.4, 0.5) is 5.69 Å². The third-order valence-electron chi connectivity index (χ3n) is 4.64. The van der Waals surface area contributed by atoms with E-state index >= 15 is 0 Å².